The number of ether oxygens (including phenoxy) is 1. The third-order valence-electron chi connectivity index (χ3n) is 4.57. The molecule has 0 radical (unpaired) electrons. The second-order valence-electron chi connectivity index (χ2n) is 7.95. The first-order chi connectivity index (χ1) is 13.4. The van der Waals surface area contributed by atoms with E-state index in [0.717, 1.165) is 11.8 Å². The Balaban J connectivity index is 1.94. The first-order valence-corrected chi connectivity index (χ1v) is 11.5. The van der Waals surface area contributed by atoms with E-state index in [9.17, 15) is 13.2 Å². The lowest BCUT2D eigenvalue weighted by Gasteiger charge is -2.35. The summed E-state index contributed by atoms with van der Waals surface area (Å²) >= 11 is 12.1. The minimum Gasteiger partial charge on any atom is -0.476 e. The molecular formula is C20H22Cl2N2O4S. The summed E-state index contributed by atoms with van der Waals surface area (Å²) in [7, 11) is -3.63. The van der Waals surface area contributed by atoms with Gasteiger partial charge in [-0.15, -0.1) is 0 Å². The minimum absolute atomic E-state index is 0.149. The maximum absolute atomic E-state index is 12.8. The van der Waals surface area contributed by atoms with E-state index in [1.807, 2.05) is 26.8 Å². The molecule has 1 heterocycles. The normalized spacial score (nSPS) is 16.8. The Morgan fingerprint density at radius 3 is 2.48 bits per heavy atom. The zero-order valence-corrected chi connectivity index (χ0v) is 18.8. The fourth-order valence-electron chi connectivity index (χ4n) is 2.97. The van der Waals surface area contributed by atoms with Crippen LogP contribution in [-0.4, -0.2) is 33.2 Å². The van der Waals surface area contributed by atoms with Crippen molar-refractivity contribution in [3.05, 3.63) is 52.0 Å². The van der Waals surface area contributed by atoms with E-state index in [1.54, 1.807) is 24.3 Å². The smallest absolute Gasteiger partial charge is 0.267 e. The summed E-state index contributed by atoms with van der Waals surface area (Å²) in [6.07, 6.45) is 0.0574. The molecule has 0 fully saturated rings. The number of amides is 1. The number of nitrogens with zero attached hydrogens (tertiary/aromatic N) is 1. The molecule has 0 saturated heterocycles. The average molecular weight is 457 g/mol. The Morgan fingerprint density at radius 2 is 1.86 bits per heavy atom. The van der Waals surface area contributed by atoms with Crippen molar-refractivity contribution in [1.82, 2.24) is 0 Å². The molecule has 0 aliphatic carbocycles. The van der Waals surface area contributed by atoms with Gasteiger partial charge in [-0.3, -0.25) is 9.10 Å². The second-order valence-corrected chi connectivity index (χ2v) is 10.7. The molecular weight excluding hydrogens is 435 g/mol. The monoisotopic (exact) mass is 456 g/mol. The van der Waals surface area contributed by atoms with Gasteiger partial charge < -0.3 is 10.1 Å². The van der Waals surface area contributed by atoms with Crippen molar-refractivity contribution in [2.45, 2.75) is 32.3 Å². The molecule has 1 atom stereocenters. The topological polar surface area (TPSA) is 75.7 Å². The summed E-state index contributed by atoms with van der Waals surface area (Å²) in [6, 6.07) is 10.0. The predicted molar refractivity (Wildman–Crippen MR) is 117 cm³/mol. The van der Waals surface area contributed by atoms with Gasteiger partial charge in [0.1, 0.15) is 5.75 Å². The van der Waals surface area contributed by atoms with Gasteiger partial charge in [-0.05, 0) is 41.3 Å². The van der Waals surface area contributed by atoms with Crippen LogP contribution in [0.15, 0.2) is 36.4 Å². The molecule has 1 aliphatic heterocycles. The highest BCUT2D eigenvalue weighted by Gasteiger charge is 2.36. The molecule has 0 saturated carbocycles. The SMILES string of the molecule is CC(C)(C)c1ccc2c(c1)N(S(C)(=O)=O)CC(C(=O)Nc1cc(Cl)ccc1Cl)O2. The van der Waals surface area contributed by atoms with Crippen LogP contribution in [0.4, 0.5) is 11.4 Å². The molecule has 29 heavy (non-hydrogen) atoms. The van der Waals surface area contributed by atoms with Crippen LogP contribution >= 0.6 is 23.2 Å². The number of halogens is 2. The van der Waals surface area contributed by atoms with Crippen LogP contribution in [0.2, 0.25) is 10.0 Å². The Labute approximate surface area is 180 Å². The summed E-state index contributed by atoms with van der Waals surface area (Å²) in [6.45, 7) is 5.96. The summed E-state index contributed by atoms with van der Waals surface area (Å²) in [5.74, 6) is -0.194. The third kappa shape index (κ3) is 4.79. The van der Waals surface area contributed by atoms with Gasteiger partial charge in [0, 0.05) is 5.02 Å². The molecule has 3 rings (SSSR count). The molecule has 1 N–H and O–H groups in total. The van der Waals surface area contributed by atoms with E-state index in [4.69, 9.17) is 27.9 Å². The lowest BCUT2D eigenvalue weighted by atomic mass is 9.86. The average Bonchev–Trinajstić information content (AvgIpc) is 2.61. The molecule has 2 aromatic carbocycles. The van der Waals surface area contributed by atoms with Crippen molar-refractivity contribution in [2.75, 3.05) is 22.4 Å². The standard InChI is InChI=1S/C20H22Cl2N2O4S/c1-20(2,3)12-5-8-17-16(9-12)24(29(4,26)27)11-18(28-17)19(25)23-15-10-13(21)6-7-14(15)22/h5-10,18H,11H2,1-4H3,(H,23,25). The number of anilines is 2. The number of hydrogen-bond acceptors (Lipinski definition) is 4. The summed E-state index contributed by atoms with van der Waals surface area (Å²) in [5.41, 5.74) is 1.54. The van der Waals surface area contributed by atoms with Gasteiger partial charge in [-0.1, -0.05) is 50.0 Å². The predicted octanol–water partition coefficient (Wildman–Crippen LogP) is 4.46. The van der Waals surface area contributed by atoms with Gasteiger partial charge in [0.05, 0.1) is 29.2 Å². The molecule has 6 nitrogen and oxygen atoms in total. The molecule has 0 bridgehead atoms. The van der Waals surface area contributed by atoms with Gasteiger partial charge in [-0.25, -0.2) is 8.42 Å². The number of rotatable bonds is 3. The first-order valence-electron chi connectivity index (χ1n) is 8.91. The van der Waals surface area contributed by atoms with Crippen molar-refractivity contribution in [3.8, 4) is 5.75 Å². The molecule has 1 unspecified atom stereocenters. The van der Waals surface area contributed by atoms with E-state index >= 15 is 0 Å². The Hall–Kier alpha value is -1.96. The van der Waals surface area contributed by atoms with Gasteiger partial charge in [0.2, 0.25) is 10.0 Å². The van der Waals surface area contributed by atoms with E-state index in [0.29, 0.717) is 27.2 Å². The maximum Gasteiger partial charge on any atom is 0.267 e. The Kier molecular flexibility index (Phi) is 5.77. The van der Waals surface area contributed by atoms with Crippen LogP contribution in [0.3, 0.4) is 0 Å². The van der Waals surface area contributed by atoms with Gasteiger partial charge >= 0.3 is 0 Å². The van der Waals surface area contributed by atoms with Crippen LogP contribution in [0, 0.1) is 0 Å². The van der Waals surface area contributed by atoms with Crippen LogP contribution in [0.5, 0.6) is 5.75 Å². The van der Waals surface area contributed by atoms with E-state index in [2.05, 4.69) is 5.32 Å². The largest absolute Gasteiger partial charge is 0.476 e. The number of nitrogens with one attached hydrogen (secondary N) is 1. The van der Waals surface area contributed by atoms with Crippen molar-refractivity contribution in [2.24, 2.45) is 0 Å². The van der Waals surface area contributed by atoms with E-state index in [-0.39, 0.29) is 12.0 Å². The molecule has 1 aliphatic rings. The number of carbonyl (C=O) groups excluding carboxylic acids is 1. The van der Waals surface area contributed by atoms with Crippen LogP contribution < -0.4 is 14.4 Å². The lowest BCUT2D eigenvalue weighted by molar-refractivity contribution is -0.122. The zero-order chi connectivity index (χ0) is 21.6. The molecule has 9 heteroatoms. The zero-order valence-electron chi connectivity index (χ0n) is 16.5. The summed E-state index contributed by atoms with van der Waals surface area (Å²) in [4.78, 5) is 12.8. The first kappa shape index (κ1) is 21.7. The van der Waals surface area contributed by atoms with Gasteiger partial charge in [0.15, 0.2) is 6.10 Å². The Bertz CT molecular complexity index is 1060. The fraction of sp³-hybridized carbons (Fsp3) is 0.350. The number of carbonyl (C=O) groups is 1. The molecule has 0 spiro atoms. The molecule has 0 aromatic heterocycles. The number of fused-ring (bicyclic) bond motifs is 1. The highest BCUT2D eigenvalue weighted by molar-refractivity contribution is 7.92. The number of hydrogen-bond donors (Lipinski definition) is 1. The highest BCUT2D eigenvalue weighted by atomic mass is 35.5. The van der Waals surface area contributed by atoms with E-state index < -0.39 is 22.0 Å². The maximum atomic E-state index is 12.8. The highest BCUT2D eigenvalue weighted by Crippen LogP contribution is 2.39. The van der Waals surface area contributed by atoms with Gasteiger partial charge in [-0.2, -0.15) is 0 Å². The lowest BCUT2D eigenvalue weighted by Crippen LogP contribution is -2.48. The van der Waals surface area contributed by atoms with Crippen molar-refractivity contribution in [3.63, 3.8) is 0 Å². The Morgan fingerprint density at radius 1 is 1.17 bits per heavy atom. The van der Waals surface area contributed by atoms with Crippen LogP contribution in [0.25, 0.3) is 0 Å². The quantitative estimate of drug-likeness (QED) is 0.739. The van der Waals surface area contributed by atoms with Crippen molar-refractivity contribution in [1.29, 1.82) is 0 Å². The number of benzene rings is 2. The third-order valence-corrected chi connectivity index (χ3v) is 6.28. The van der Waals surface area contributed by atoms with Crippen LogP contribution in [0.1, 0.15) is 26.3 Å². The van der Waals surface area contributed by atoms with E-state index in [1.165, 1.54) is 10.4 Å². The summed E-state index contributed by atoms with van der Waals surface area (Å²) < 4.78 is 31.9. The van der Waals surface area contributed by atoms with Crippen molar-refractivity contribution < 1.29 is 17.9 Å². The fourth-order valence-corrected chi connectivity index (χ4v) is 4.22. The molecule has 156 valence electrons. The molecule has 1 amide bonds. The minimum atomic E-state index is -3.63. The van der Waals surface area contributed by atoms with Crippen molar-refractivity contribution >= 4 is 50.5 Å². The number of sulfonamides is 1. The van der Waals surface area contributed by atoms with Gasteiger partial charge in [0.25, 0.3) is 5.91 Å². The summed E-state index contributed by atoms with van der Waals surface area (Å²) in [5, 5.41) is 3.38. The second kappa shape index (κ2) is 7.70. The molecule has 2 aromatic rings. The van der Waals surface area contributed by atoms with Crippen LogP contribution in [-0.2, 0) is 20.2 Å².